The molecule has 0 aliphatic heterocycles. The molecule has 2 fully saturated rings. The molecule has 2 aliphatic rings. The minimum Gasteiger partial charge on any atom is -0.392 e. The smallest absolute Gasteiger partial charge is 0.221 e. The van der Waals surface area contributed by atoms with Gasteiger partial charge in [0.05, 0.1) is 6.10 Å². The molecule has 2 rings (SSSR count). The molecule has 4 nitrogen and oxygen atoms in total. The van der Waals surface area contributed by atoms with E-state index in [9.17, 15) is 9.90 Å². The lowest BCUT2D eigenvalue weighted by Crippen LogP contribution is -2.43. The number of hydrogen-bond donors (Lipinski definition) is 3. The van der Waals surface area contributed by atoms with Gasteiger partial charge < -0.3 is 15.7 Å². The second-order valence-electron chi connectivity index (χ2n) is 5.00. The van der Waals surface area contributed by atoms with Crippen molar-refractivity contribution in [2.45, 2.75) is 63.1 Å². The first-order valence-corrected chi connectivity index (χ1v) is 6.46. The summed E-state index contributed by atoms with van der Waals surface area (Å²) in [5.41, 5.74) is 0. The lowest BCUT2D eigenvalue weighted by molar-refractivity contribution is -0.121. The van der Waals surface area contributed by atoms with Crippen molar-refractivity contribution in [2.24, 2.45) is 0 Å². The summed E-state index contributed by atoms with van der Waals surface area (Å²) in [4.78, 5) is 11.4. The van der Waals surface area contributed by atoms with Gasteiger partial charge in [0, 0.05) is 25.0 Å². The Hall–Kier alpha value is -0.610. The third-order valence-corrected chi connectivity index (χ3v) is 3.43. The van der Waals surface area contributed by atoms with E-state index < -0.39 is 0 Å². The summed E-state index contributed by atoms with van der Waals surface area (Å²) in [6, 6.07) is 0.648. The summed E-state index contributed by atoms with van der Waals surface area (Å²) < 4.78 is 0. The lowest BCUT2D eigenvalue weighted by atomic mass is 9.92. The number of aliphatic hydroxyl groups is 1. The highest BCUT2D eigenvalue weighted by Crippen LogP contribution is 2.19. The molecule has 3 N–H and O–H groups in total. The summed E-state index contributed by atoms with van der Waals surface area (Å²) in [6.07, 6.45) is 6.82. The zero-order chi connectivity index (χ0) is 11.4. The van der Waals surface area contributed by atoms with Gasteiger partial charge >= 0.3 is 0 Å². The number of aliphatic hydroxyl groups excluding tert-OH is 1. The second-order valence-corrected chi connectivity index (χ2v) is 5.00. The summed E-state index contributed by atoms with van der Waals surface area (Å²) in [7, 11) is 0. The number of carbonyl (C=O) groups excluding carboxylic acids is 1. The van der Waals surface area contributed by atoms with E-state index in [0.717, 1.165) is 32.1 Å². The molecular formula is C12H22N2O2. The van der Waals surface area contributed by atoms with Crippen LogP contribution in [0.4, 0.5) is 0 Å². The van der Waals surface area contributed by atoms with Crippen LogP contribution in [0.1, 0.15) is 44.9 Å². The van der Waals surface area contributed by atoms with Crippen molar-refractivity contribution >= 4 is 5.91 Å². The molecule has 2 unspecified atom stereocenters. The molecule has 0 spiro atoms. The van der Waals surface area contributed by atoms with E-state index in [0.29, 0.717) is 19.0 Å². The van der Waals surface area contributed by atoms with Gasteiger partial charge in [-0.3, -0.25) is 4.79 Å². The van der Waals surface area contributed by atoms with Gasteiger partial charge in [-0.05, 0) is 25.7 Å². The number of carbonyl (C=O) groups is 1. The molecule has 92 valence electrons. The Morgan fingerprint density at radius 3 is 2.62 bits per heavy atom. The summed E-state index contributed by atoms with van der Waals surface area (Å²) in [5, 5.41) is 16.0. The molecule has 0 aromatic heterocycles. The number of rotatable bonds is 5. The molecule has 0 aromatic carbocycles. The SMILES string of the molecule is O=C(CCNC1CCCCC1O)NC1CC1. The molecule has 0 aromatic rings. The number of hydrogen-bond acceptors (Lipinski definition) is 3. The highest BCUT2D eigenvalue weighted by Gasteiger charge is 2.24. The van der Waals surface area contributed by atoms with Crippen LogP contribution in [0.3, 0.4) is 0 Å². The first-order valence-electron chi connectivity index (χ1n) is 6.46. The molecule has 0 saturated heterocycles. The van der Waals surface area contributed by atoms with Crippen LogP contribution in [-0.4, -0.2) is 35.7 Å². The van der Waals surface area contributed by atoms with Gasteiger partial charge in [0.25, 0.3) is 0 Å². The fraction of sp³-hybridized carbons (Fsp3) is 0.917. The monoisotopic (exact) mass is 226 g/mol. The van der Waals surface area contributed by atoms with Gasteiger partial charge in [-0.25, -0.2) is 0 Å². The minimum atomic E-state index is -0.222. The van der Waals surface area contributed by atoms with Crippen molar-refractivity contribution in [3.05, 3.63) is 0 Å². The third-order valence-electron chi connectivity index (χ3n) is 3.43. The molecule has 1 amide bonds. The minimum absolute atomic E-state index is 0.139. The molecule has 0 radical (unpaired) electrons. The zero-order valence-electron chi connectivity index (χ0n) is 9.74. The average molecular weight is 226 g/mol. The van der Waals surface area contributed by atoms with Crippen LogP contribution in [0.15, 0.2) is 0 Å². The Kier molecular flexibility index (Phi) is 4.18. The van der Waals surface area contributed by atoms with Crippen LogP contribution in [0, 0.1) is 0 Å². The second kappa shape index (κ2) is 5.64. The quantitative estimate of drug-likeness (QED) is 0.641. The first kappa shape index (κ1) is 11.9. The molecule has 2 aliphatic carbocycles. The van der Waals surface area contributed by atoms with E-state index in [1.807, 2.05) is 0 Å². The fourth-order valence-electron chi connectivity index (χ4n) is 2.25. The van der Waals surface area contributed by atoms with Gasteiger partial charge in [0.15, 0.2) is 0 Å². The van der Waals surface area contributed by atoms with Crippen molar-refractivity contribution < 1.29 is 9.90 Å². The predicted octanol–water partition coefficient (Wildman–Crippen LogP) is 0.548. The molecule has 16 heavy (non-hydrogen) atoms. The Morgan fingerprint density at radius 1 is 1.19 bits per heavy atom. The highest BCUT2D eigenvalue weighted by atomic mass is 16.3. The maximum Gasteiger partial charge on any atom is 0.221 e. The van der Waals surface area contributed by atoms with Crippen molar-refractivity contribution in [1.29, 1.82) is 0 Å². The van der Waals surface area contributed by atoms with Crippen molar-refractivity contribution in [1.82, 2.24) is 10.6 Å². The third kappa shape index (κ3) is 3.76. The van der Waals surface area contributed by atoms with E-state index in [-0.39, 0.29) is 18.1 Å². The lowest BCUT2D eigenvalue weighted by Gasteiger charge is -2.28. The Morgan fingerprint density at radius 2 is 1.94 bits per heavy atom. The van der Waals surface area contributed by atoms with Crippen LogP contribution >= 0.6 is 0 Å². The average Bonchev–Trinajstić information content (AvgIpc) is 3.05. The summed E-state index contributed by atoms with van der Waals surface area (Å²) in [5.74, 6) is 0.139. The van der Waals surface area contributed by atoms with E-state index in [1.54, 1.807) is 0 Å². The molecule has 2 atom stereocenters. The van der Waals surface area contributed by atoms with Crippen LogP contribution in [0.25, 0.3) is 0 Å². The Labute approximate surface area is 96.8 Å². The van der Waals surface area contributed by atoms with Crippen molar-refractivity contribution in [3.8, 4) is 0 Å². The van der Waals surface area contributed by atoms with Gasteiger partial charge in [-0.2, -0.15) is 0 Å². The zero-order valence-corrected chi connectivity index (χ0v) is 9.74. The summed E-state index contributed by atoms with van der Waals surface area (Å²) >= 11 is 0. The number of nitrogens with one attached hydrogen (secondary N) is 2. The van der Waals surface area contributed by atoms with E-state index in [4.69, 9.17) is 0 Å². The number of amides is 1. The maximum absolute atomic E-state index is 11.4. The Bertz CT molecular complexity index is 241. The Balaban J connectivity index is 1.57. The fourth-order valence-corrected chi connectivity index (χ4v) is 2.25. The van der Waals surface area contributed by atoms with Crippen molar-refractivity contribution in [2.75, 3.05) is 6.54 Å². The topological polar surface area (TPSA) is 61.4 Å². The molecule has 0 heterocycles. The highest BCUT2D eigenvalue weighted by molar-refractivity contribution is 5.76. The maximum atomic E-state index is 11.4. The van der Waals surface area contributed by atoms with Crippen molar-refractivity contribution in [3.63, 3.8) is 0 Å². The molecule has 0 bridgehead atoms. The standard InChI is InChI=1S/C12H22N2O2/c15-11-4-2-1-3-10(11)13-8-7-12(16)14-9-5-6-9/h9-11,13,15H,1-8H2,(H,14,16). The van der Waals surface area contributed by atoms with Gasteiger partial charge in [-0.1, -0.05) is 12.8 Å². The van der Waals surface area contributed by atoms with Crippen LogP contribution < -0.4 is 10.6 Å². The largest absolute Gasteiger partial charge is 0.392 e. The summed E-state index contributed by atoms with van der Waals surface area (Å²) in [6.45, 7) is 0.681. The normalized spacial score (nSPS) is 30.1. The van der Waals surface area contributed by atoms with Crippen LogP contribution in [0.2, 0.25) is 0 Å². The predicted molar refractivity (Wildman–Crippen MR) is 62.0 cm³/mol. The van der Waals surface area contributed by atoms with Gasteiger partial charge in [-0.15, -0.1) is 0 Å². The first-order chi connectivity index (χ1) is 7.75. The van der Waals surface area contributed by atoms with Crippen LogP contribution in [-0.2, 0) is 4.79 Å². The molecular weight excluding hydrogens is 204 g/mol. The van der Waals surface area contributed by atoms with Gasteiger partial charge in [0.1, 0.15) is 0 Å². The van der Waals surface area contributed by atoms with E-state index >= 15 is 0 Å². The van der Waals surface area contributed by atoms with Gasteiger partial charge in [0.2, 0.25) is 5.91 Å². The molecule has 4 heteroatoms. The molecule has 2 saturated carbocycles. The van der Waals surface area contributed by atoms with E-state index in [1.165, 1.54) is 6.42 Å². The van der Waals surface area contributed by atoms with Crippen LogP contribution in [0.5, 0.6) is 0 Å². The van der Waals surface area contributed by atoms with E-state index in [2.05, 4.69) is 10.6 Å².